The second-order valence-electron chi connectivity index (χ2n) is 5.08. The molecule has 0 bridgehead atoms. The molecule has 1 fully saturated rings. The standard InChI is InChI=1S/C14H18ClFN2O/c1-17(2)10-6-8-18(9-7-10)14(19)13-11(15)4-3-5-12(13)16/h3-5,10H,6-9H2,1-2H3. The lowest BCUT2D eigenvalue weighted by Gasteiger charge is -2.35. The molecule has 1 saturated heterocycles. The summed E-state index contributed by atoms with van der Waals surface area (Å²) in [4.78, 5) is 16.2. The highest BCUT2D eigenvalue weighted by molar-refractivity contribution is 6.33. The third-order valence-electron chi connectivity index (χ3n) is 3.66. The van der Waals surface area contributed by atoms with Gasteiger partial charge in [-0.05, 0) is 39.1 Å². The molecule has 0 radical (unpaired) electrons. The van der Waals surface area contributed by atoms with Gasteiger partial charge in [0, 0.05) is 19.1 Å². The molecule has 0 unspecified atom stereocenters. The van der Waals surface area contributed by atoms with Crippen LogP contribution in [0.1, 0.15) is 23.2 Å². The van der Waals surface area contributed by atoms with E-state index < -0.39 is 5.82 Å². The molecule has 1 aromatic carbocycles. The lowest BCUT2D eigenvalue weighted by molar-refractivity contribution is 0.0659. The van der Waals surface area contributed by atoms with Crippen molar-refractivity contribution in [3.05, 3.63) is 34.6 Å². The highest BCUT2D eigenvalue weighted by Gasteiger charge is 2.27. The van der Waals surface area contributed by atoms with Gasteiger partial charge < -0.3 is 9.80 Å². The van der Waals surface area contributed by atoms with Crippen molar-refractivity contribution >= 4 is 17.5 Å². The average molecular weight is 285 g/mol. The molecular weight excluding hydrogens is 267 g/mol. The summed E-state index contributed by atoms with van der Waals surface area (Å²) in [5.41, 5.74) is -0.00697. The van der Waals surface area contributed by atoms with Crippen LogP contribution in [0.5, 0.6) is 0 Å². The Balaban J connectivity index is 2.10. The summed E-state index contributed by atoms with van der Waals surface area (Å²) in [6, 6.07) is 4.81. The van der Waals surface area contributed by atoms with Crippen molar-refractivity contribution in [2.24, 2.45) is 0 Å². The van der Waals surface area contributed by atoms with Crippen molar-refractivity contribution in [1.82, 2.24) is 9.80 Å². The molecule has 0 aromatic heterocycles. The Morgan fingerprint density at radius 3 is 2.53 bits per heavy atom. The summed E-state index contributed by atoms with van der Waals surface area (Å²) in [5, 5.41) is 0.180. The molecule has 0 spiro atoms. The quantitative estimate of drug-likeness (QED) is 0.833. The third kappa shape index (κ3) is 3.07. The van der Waals surface area contributed by atoms with Crippen LogP contribution in [0.15, 0.2) is 18.2 Å². The van der Waals surface area contributed by atoms with Crippen LogP contribution in [0.25, 0.3) is 0 Å². The number of benzene rings is 1. The number of halogens is 2. The molecule has 0 aliphatic carbocycles. The van der Waals surface area contributed by atoms with Crippen LogP contribution in [0, 0.1) is 5.82 Å². The predicted molar refractivity (Wildman–Crippen MR) is 74.0 cm³/mol. The van der Waals surface area contributed by atoms with Crippen LogP contribution in [-0.4, -0.2) is 48.9 Å². The van der Waals surface area contributed by atoms with E-state index in [0.29, 0.717) is 19.1 Å². The number of rotatable bonds is 2. The summed E-state index contributed by atoms with van der Waals surface area (Å²) in [7, 11) is 4.08. The fourth-order valence-corrected chi connectivity index (χ4v) is 2.69. The van der Waals surface area contributed by atoms with E-state index in [4.69, 9.17) is 11.6 Å². The second kappa shape index (κ2) is 5.88. The van der Waals surface area contributed by atoms with Gasteiger partial charge in [0.25, 0.3) is 5.91 Å². The van der Waals surface area contributed by atoms with Crippen LogP contribution in [0.3, 0.4) is 0 Å². The minimum absolute atomic E-state index is 0.00697. The van der Waals surface area contributed by atoms with Gasteiger partial charge >= 0.3 is 0 Å². The van der Waals surface area contributed by atoms with Gasteiger partial charge in [-0.3, -0.25) is 4.79 Å². The number of nitrogens with zero attached hydrogens (tertiary/aromatic N) is 2. The third-order valence-corrected chi connectivity index (χ3v) is 3.97. The molecule has 0 N–H and O–H groups in total. The Hall–Kier alpha value is -1.13. The van der Waals surface area contributed by atoms with E-state index in [9.17, 15) is 9.18 Å². The lowest BCUT2D eigenvalue weighted by atomic mass is 10.0. The van der Waals surface area contributed by atoms with Crippen molar-refractivity contribution in [1.29, 1.82) is 0 Å². The minimum Gasteiger partial charge on any atom is -0.338 e. The number of carbonyl (C=O) groups is 1. The number of carbonyl (C=O) groups excluding carboxylic acids is 1. The van der Waals surface area contributed by atoms with E-state index in [1.54, 1.807) is 11.0 Å². The van der Waals surface area contributed by atoms with Crippen molar-refractivity contribution in [3.63, 3.8) is 0 Å². The first kappa shape index (κ1) is 14.3. The van der Waals surface area contributed by atoms with Crippen molar-refractivity contribution < 1.29 is 9.18 Å². The zero-order valence-corrected chi connectivity index (χ0v) is 12.0. The van der Waals surface area contributed by atoms with Crippen molar-refractivity contribution in [2.75, 3.05) is 27.2 Å². The summed E-state index contributed by atoms with van der Waals surface area (Å²) < 4.78 is 13.7. The monoisotopic (exact) mass is 284 g/mol. The topological polar surface area (TPSA) is 23.6 Å². The van der Waals surface area contributed by atoms with E-state index in [1.165, 1.54) is 12.1 Å². The Morgan fingerprint density at radius 1 is 1.37 bits per heavy atom. The van der Waals surface area contributed by atoms with E-state index in [2.05, 4.69) is 4.90 Å². The van der Waals surface area contributed by atoms with E-state index in [1.807, 2.05) is 14.1 Å². The van der Waals surface area contributed by atoms with Gasteiger partial charge in [-0.2, -0.15) is 0 Å². The number of piperidine rings is 1. The molecule has 0 saturated carbocycles. The van der Waals surface area contributed by atoms with Gasteiger partial charge in [0.2, 0.25) is 0 Å². The van der Waals surface area contributed by atoms with Crippen LogP contribution < -0.4 is 0 Å². The van der Waals surface area contributed by atoms with E-state index >= 15 is 0 Å². The molecule has 1 aliphatic rings. The molecular formula is C14H18ClFN2O. The zero-order chi connectivity index (χ0) is 14.0. The molecule has 1 heterocycles. The van der Waals surface area contributed by atoms with Gasteiger partial charge in [-0.25, -0.2) is 4.39 Å². The van der Waals surface area contributed by atoms with Crippen LogP contribution in [-0.2, 0) is 0 Å². The first-order valence-electron chi connectivity index (χ1n) is 6.40. The molecule has 1 amide bonds. The molecule has 2 rings (SSSR count). The number of amides is 1. The molecule has 0 atom stereocenters. The molecule has 104 valence electrons. The highest BCUT2D eigenvalue weighted by atomic mass is 35.5. The van der Waals surface area contributed by atoms with E-state index in [-0.39, 0.29) is 16.5 Å². The van der Waals surface area contributed by atoms with Crippen LogP contribution in [0.4, 0.5) is 4.39 Å². The summed E-state index contributed by atoms with van der Waals surface area (Å²) in [6.07, 6.45) is 1.82. The lowest BCUT2D eigenvalue weighted by Crippen LogP contribution is -2.44. The maximum atomic E-state index is 13.7. The Kier molecular flexibility index (Phi) is 4.42. The molecule has 19 heavy (non-hydrogen) atoms. The number of hydrogen-bond acceptors (Lipinski definition) is 2. The minimum atomic E-state index is -0.549. The predicted octanol–water partition coefficient (Wildman–Crippen LogP) is 2.65. The largest absolute Gasteiger partial charge is 0.338 e. The maximum absolute atomic E-state index is 13.7. The summed E-state index contributed by atoms with van der Waals surface area (Å²) >= 11 is 5.93. The Labute approximate surface area is 117 Å². The van der Waals surface area contributed by atoms with Gasteiger partial charge in [-0.15, -0.1) is 0 Å². The van der Waals surface area contributed by atoms with Gasteiger partial charge in [-0.1, -0.05) is 17.7 Å². The van der Waals surface area contributed by atoms with Crippen molar-refractivity contribution in [2.45, 2.75) is 18.9 Å². The van der Waals surface area contributed by atoms with Gasteiger partial charge in [0.15, 0.2) is 0 Å². The fraction of sp³-hybridized carbons (Fsp3) is 0.500. The maximum Gasteiger partial charge on any atom is 0.258 e. The first-order valence-corrected chi connectivity index (χ1v) is 6.78. The SMILES string of the molecule is CN(C)C1CCN(C(=O)c2c(F)cccc2Cl)CC1. The Morgan fingerprint density at radius 2 is 2.00 bits per heavy atom. The fourth-order valence-electron chi connectivity index (χ4n) is 2.45. The zero-order valence-electron chi connectivity index (χ0n) is 11.2. The Bertz CT molecular complexity index is 450. The average Bonchev–Trinajstić information content (AvgIpc) is 2.38. The molecule has 3 nitrogen and oxygen atoms in total. The van der Waals surface area contributed by atoms with Gasteiger partial charge in [0.1, 0.15) is 5.82 Å². The second-order valence-corrected chi connectivity index (χ2v) is 5.49. The highest BCUT2D eigenvalue weighted by Crippen LogP contribution is 2.23. The molecule has 1 aliphatic heterocycles. The van der Waals surface area contributed by atoms with E-state index in [0.717, 1.165) is 12.8 Å². The first-order chi connectivity index (χ1) is 9.00. The van der Waals surface area contributed by atoms with Crippen LogP contribution >= 0.6 is 11.6 Å². The summed E-state index contributed by atoms with van der Waals surface area (Å²) in [6.45, 7) is 1.29. The molecule has 5 heteroatoms. The van der Waals surface area contributed by atoms with Crippen LogP contribution in [0.2, 0.25) is 5.02 Å². The summed E-state index contributed by atoms with van der Waals surface area (Å²) in [5.74, 6) is -0.854. The smallest absolute Gasteiger partial charge is 0.258 e. The molecule has 1 aromatic rings. The number of hydrogen-bond donors (Lipinski definition) is 0. The number of likely N-dealkylation sites (tertiary alicyclic amines) is 1. The van der Waals surface area contributed by atoms with Crippen molar-refractivity contribution in [3.8, 4) is 0 Å². The normalized spacial score (nSPS) is 17.0. The van der Waals surface area contributed by atoms with Gasteiger partial charge in [0.05, 0.1) is 10.6 Å².